The Hall–Kier alpha value is -2.36. The normalized spacial score (nSPS) is 27.4. The number of carbonyl (C=O) groups excluding carboxylic acids is 2. The Balaban J connectivity index is 1.39. The highest BCUT2D eigenvalue weighted by Crippen LogP contribution is 2.38. The van der Waals surface area contributed by atoms with Crippen LogP contribution in [-0.4, -0.2) is 71.2 Å². The molecule has 1 saturated carbocycles. The Morgan fingerprint density at radius 1 is 1.32 bits per heavy atom. The Kier molecular flexibility index (Phi) is 7.64. The van der Waals surface area contributed by atoms with E-state index in [0.717, 1.165) is 31.4 Å². The van der Waals surface area contributed by atoms with Crippen molar-refractivity contribution in [2.24, 2.45) is 11.8 Å². The second-order valence-corrected chi connectivity index (χ2v) is 10.2. The van der Waals surface area contributed by atoms with Gasteiger partial charge in [-0.2, -0.15) is 0 Å². The van der Waals surface area contributed by atoms with Crippen molar-refractivity contribution in [2.75, 3.05) is 25.0 Å². The van der Waals surface area contributed by atoms with Gasteiger partial charge in [-0.15, -0.1) is 0 Å². The number of anilines is 1. The van der Waals surface area contributed by atoms with Crippen LogP contribution in [0.25, 0.3) is 0 Å². The van der Waals surface area contributed by atoms with E-state index in [1.165, 1.54) is 6.07 Å². The Morgan fingerprint density at radius 3 is 2.82 bits per heavy atom. The van der Waals surface area contributed by atoms with Gasteiger partial charge in [-0.25, -0.2) is 4.79 Å². The average molecular weight is 476 g/mol. The van der Waals surface area contributed by atoms with Gasteiger partial charge < -0.3 is 30.3 Å². The molecule has 2 aliphatic heterocycles. The number of phenols is 1. The fourth-order valence-corrected chi connectivity index (χ4v) is 5.54. The van der Waals surface area contributed by atoms with Gasteiger partial charge >= 0.3 is 6.09 Å². The summed E-state index contributed by atoms with van der Waals surface area (Å²) in [5, 5.41) is 26.5. The van der Waals surface area contributed by atoms with Crippen molar-refractivity contribution in [2.45, 2.75) is 76.9 Å². The van der Waals surface area contributed by atoms with Crippen LogP contribution in [0.4, 0.5) is 10.5 Å². The molecular formula is C25H37N3O6. The summed E-state index contributed by atoms with van der Waals surface area (Å²) >= 11 is 0. The van der Waals surface area contributed by atoms with E-state index >= 15 is 0 Å². The molecule has 2 fully saturated rings. The van der Waals surface area contributed by atoms with Crippen molar-refractivity contribution < 1.29 is 29.3 Å². The van der Waals surface area contributed by atoms with Gasteiger partial charge in [-0.3, -0.25) is 9.69 Å². The molecule has 1 aliphatic carbocycles. The number of ether oxygens (including phenoxy) is 2. The lowest BCUT2D eigenvalue weighted by Gasteiger charge is -2.33. The first kappa shape index (κ1) is 24.8. The second kappa shape index (κ2) is 10.5. The fraction of sp³-hybridized carbons (Fsp3) is 0.680. The number of aliphatic hydroxyl groups excluding tert-OH is 1. The van der Waals surface area contributed by atoms with Crippen molar-refractivity contribution in [3.8, 4) is 5.75 Å². The van der Waals surface area contributed by atoms with Gasteiger partial charge in [0, 0.05) is 43.4 Å². The molecule has 1 aromatic rings. The van der Waals surface area contributed by atoms with E-state index in [1.54, 1.807) is 12.1 Å². The first-order valence-electron chi connectivity index (χ1n) is 12.4. The number of benzene rings is 1. The third-order valence-corrected chi connectivity index (χ3v) is 7.11. The highest BCUT2D eigenvalue weighted by Gasteiger charge is 2.41. The number of fused-ring (bicyclic) bond motifs is 2. The average Bonchev–Trinajstić information content (AvgIpc) is 3.43. The van der Waals surface area contributed by atoms with Crippen LogP contribution in [0.1, 0.15) is 58.1 Å². The van der Waals surface area contributed by atoms with E-state index in [2.05, 4.69) is 24.5 Å². The molecule has 0 bridgehead atoms. The van der Waals surface area contributed by atoms with Gasteiger partial charge in [0.1, 0.15) is 17.9 Å². The minimum Gasteiger partial charge on any atom is -0.508 e. The number of alkyl carbamates (subject to hydrolysis) is 1. The summed E-state index contributed by atoms with van der Waals surface area (Å²) in [6.45, 7) is 7.58. The predicted octanol–water partition coefficient (Wildman–Crippen LogP) is 2.78. The maximum absolute atomic E-state index is 12.8. The van der Waals surface area contributed by atoms with Crippen molar-refractivity contribution >= 4 is 17.7 Å². The zero-order valence-electron chi connectivity index (χ0n) is 20.2. The molecule has 4 unspecified atom stereocenters. The van der Waals surface area contributed by atoms with Crippen LogP contribution in [0.2, 0.25) is 0 Å². The number of aliphatic hydroxyl groups is 1. The number of hydrogen-bond donors (Lipinski definition) is 4. The van der Waals surface area contributed by atoms with Gasteiger partial charge in [0.05, 0.1) is 18.2 Å². The largest absolute Gasteiger partial charge is 0.508 e. The molecule has 1 aromatic carbocycles. The Labute approximate surface area is 200 Å². The van der Waals surface area contributed by atoms with Crippen LogP contribution in [0.5, 0.6) is 5.75 Å². The minimum atomic E-state index is -0.892. The molecule has 34 heavy (non-hydrogen) atoms. The van der Waals surface area contributed by atoms with Crippen LogP contribution >= 0.6 is 0 Å². The van der Waals surface area contributed by atoms with E-state index in [-0.39, 0.29) is 36.3 Å². The second-order valence-electron chi connectivity index (χ2n) is 10.2. The molecule has 4 rings (SSSR count). The molecule has 0 aromatic heterocycles. The third-order valence-electron chi connectivity index (χ3n) is 7.11. The van der Waals surface area contributed by atoms with Crippen LogP contribution in [-0.2, 0) is 14.3 Å². The summed E-state index contributed by atoms with van der Waals surface area (Å²) in [7, 11) is 0. The van der Waals surface area contributed by atoms with Crippen LogP contribution in [0, 0.1) is 11.8 Å². The summed E-state index contributed by atoms with van der Waals surface area (Å²) in [6, 6.07) is 3.75. The number of amides is 2. The summed E-state index contributed by atoms with van der Waals surface area (Å²) in [4.78, 5) is 27.3. The summed E-state index contributed by atoms with van der Waals surface area (Å²) < 4.78 is 11.3. The fourth-order valence-electron chi connectivity index (χ4n) is 5.54. The minimum absolute atomic E-state index is 0.0846. The van der Waals surface area contributed by atoms with Gasteiger partial charge in [0.25, 0.3) is 0 Å². The van der Waals surface area contributed by atoms with E-state index < -0.39 is 24.3 Å². The van der Waals surface area contributed by atoms with Crippen molar-refractivity contribution in [1.82, 2.24) is 10.2 Å². The van der Waals surface area contributed by atoms with Crippen molar-refractivity contribution in [3.05, 3.63) is 23.8 Å². The number of carbonyl (C=O) groups is 2. The van der Waals surface area contributed by atoms with Gasteiger partial charge in [-0.05, 0) is 37.2 Å². The lowest BCUT2D eigenvalue weighted by Crippen LogP contribution is -2.50. The number of hydrogen-bond acceptors (Lipinski definition) is 7. The van der Waals surface area contributed by atoms with E-state index in [0.29, 0.717) is 24.6 Å². The van der Waals surface area contributed by atoms with E-state index in [9.17, 15) is 19.8 Å². The number of nitrogens with one attached hydrogen (secondary N) is 2. The zero-order chi connectivity index (χ0) is 24.4. The quantitative estimate of drug-likeness (QED) is 0.433. The topological polar surface area (TPSA) is 120 Å². The first-order chi connectivity index (χ1) is 16.2. The maximum Gasteiger partial charge on any atom is 0.407 e. The van der Waals surface area contributed by atoms with Gasteiger partial charge in [0.2, 0.25) is 5.91 Å². The first-order valence-corrected chi connectivity index (χ1v) is 12.4. The smallest absolute Gasteiger partial charge is 0.407 e. The number of rotatable bonds is 9. The van der Waals surface area contributed by atoms with Gasteiger partial charge in [0.15, 0.2) is 0 Å². The molecule has 3 aliphatic rings. The zero-order valence-corrected chi connectivity index (χ0v) is 20.2. The molecule has 1 saturated heterocycles. The van der Waals surface area contributed by atoms with Crippen molar-refractivity contribution in [1.29, 1.82) is 0 Å². The summed E-state index contributed by atoms with van der Waals surface area (Å²) in [6.07, 6.45) is 1.71. The monoisotopic (exact) mass is 475 g/mol. The molecular weight excluding hydrogens is 438 g/mol. The molecule has 188 valence electrons. The number of nitrogens with zero attached hydrogens (tertiary/aromatic N) is 1. The molecule has 9 nitrogen and oxygen atoms in total. The molecule has 4 N–H and O–H groups in total. The van der Waals surface area contributed by atoms with Crippen LogP contribution < -0.4 is 10.6 Å². The van der Waals surface area contributed by atoms with E-state index in [4.69, 9.17) is 9.47 Å². The lowest BCUT2D eigenvalue weighted by molar-refractivity contribution is -0.121. The highest BCUT2D eigenvalue weighted by atomic mass is 16.6. The third kappa shape index (κ3) is 5.47. The van der Waals surface area contributed by atoms with Crippen LogP contribution in [0.15, 0.2) is 18.2 Å². The van der Waals surface area contributed by atoms with Crippen molar-refractivity contribution in [3.63, 3.8) is 0 Å². The highest BCUT2D eigenvalue weighted by molar-refractivity contribution is 6.02. The van der Waals surface area contributed by atoms with Crippen LogP contribution in [0.3, 0.4) is 0 Å². The predicted molar refractivity (Wildman–Crippen MR) is 126 cm³/mol. The summed E-state index contributed by atoms with van der Waals surface area (Å²) in [5.41, 5.74) is 1.35. The molecule has 6 atom stereocenters. The standard InChI is InChI=1S/C25H37N3O6/c1-4-19(27-25(32)34-17-9-15-7-8-33-22(15)11-17)21(30)13-28(12-14(2)3)23-18-6-5-16(29)10-20(18)26-24(23)31/h5-6,10,14-15,17,19,21-23,29-30H,4,7-9,11-13H2,1-3H3,(H,26,31)(H,27,32)/t15?,17?,19?,21-,22-,23?/m1/s1. The molecule has 0 spiro atoms. The Bertz CT molecular complexity index is 881. The SMILES string of the molecule is CCC(NC(=O)OC1CC2CCO[C@@H]2C1)[C@H](O)CN(CC(C)C)C1C(=O)Nc2cc(O)ccc21. The molecule has 2 amide bonds. The van der Waals surface area contributed by atoms with Gasteiger partial charge in [-0.1, -0.05) is 26.8 Å². The Morgan fingerprint density at radius 2 is 2.12 bits per heavy atom. The molecule has 2 heterocycles. The summed E-state index contributed by atoms with van der Waals surface area (Å²) in [5.74, 6) is 0.615. The molecule has 9 heteroatoms. The number of aromatic hydroxyl groups is 1. The molecule has 0 radical (unpaired) electrons. The number of phenolic OH excluding ortho intramolecular Hbond substituents is 1. The van der Waals surface area contributed by atoms with E-state index in [1.807, 2.05) is 11.8 Å². The maximum atomic E-state index is 12.8. The lowest BCUT2D eigenvalue weighted by atomic mass is 10.0.